The Hall–Kier alpha value is -0.0400. The summed E-state index contributed by atoms with van der Waals surface area (Å²) in [5.74, 6) is 3.34. The van der Waals surface area contributed by atoms with Crippen LogP contribution in [0, 0.1) is 23.2 Å². The van der Waals surface area contributed by atoms with Gasteiger partial charge in [-0.05, 0) is 55.4 Å². The summed E-state index contributed by atoms with van der Waals surface area (Å²) in [6, 6.07) is 0. The molecule has 1 heteroatoms. The van der Waals surface area contributed by atoms with Gasteiger partial charge in [0.05, 0.1) is 0 Å². The van der Waals surface area contributed by atoms with Gasteiger partial charge in [0.15, 0.2) is 0 Å². The molecular weight excluding hydrogens is 206 g/mol. The molecule has 0 amide bonds. The van der Waals surface area contributed by atoms with Crippen molar-refractivity contribution in [2.24, 2.45) is 23.2 Å². The van der Waals surface area contributed by atoms with Crippen molar-refractivity contribution in [2.75, 3.05) is 13.1 Å². The number of fused-ring (bicyclic) bond motifs is 1. The maximum absolute atomic E-state index is 3.66. The normalized spacial score (nSPS) is 41.5. The number of rotatable bonds is 5. The molecule has 3 rings (SSSR count). The van der Waals surface area contributed by atoms with Gasteiger partial charge < -0.3 is 5.32 Å². The molecule has 0 aliphatic heterocycles. The molecule has 1 N–H and O–H groups in total. The van der Waals surface area contributed by atoms with Crippen molar-refractivity contribution in [3.63, 3.8) is 0 Å². The summed E-state index contributed by atoms with van der Waals surface area (Å²) in [4.78, 5) is 0. The lowest BCUT2D eigenvalue weighted by atomic mass is 9.71. The summed E-state index contributed by atoms with van der Waals surface area (Å²) in [5, 5.41) is 3.66. The first-order chi connectivity index (χ1) is 8.31. The van der Waals surface area contributed by atoms with E-state index in [-0.39, 0.29) is 0 Å². The third-order valence-corrected chi connectivity index (χ3v) is 5.66. The van der Waals surface area contributed by atoms with E-state index in [1.54, 1.807) is 25.7 Å². The van der Waals surface area contributed by atoms with E-state index < -0.39 is 0 Å². The highest BCUT2D eigenvalue weighted by Gasteiger charge is 2.53. The fraction of sp³-hybridized carbons (Fsp3) is 1.00. The van der Waals surface area contributed by atoms with Gasteiger partial charge in [-0.15, -0.1) is 0 Å². The molecule has 0 spiro atoms. The molecule has 0 aromatic carbocycles. The van der Waals surface area contributed by atoms with Crippen LogP contribution in [0.2, 0.25) is 0 Å². The zero-order valence-electron chi connectivity index (χ0n) is 11.5. The van der Waals surface area contributed by atoms with Crippen molar-refractivity contribution in [3.8, 4) is 0 Å². The molecular formula is C16H29N. The Bertz CT molecular complexity index is 244. The lowest BCUT2D eigenvalue weighted by Gasteiger charge is -2.36. The topological polar surface area (TPSA) is 12.0 Å². The van der Waals surface area contributed by atoms with Gasteiger partial charge in [0.25, 0.3) is 0 Å². The molecule has 0 bridgehead atoms. The van der Waals surface area contributed by atoms with Crippen LogP contribution in [0.1, 0.15) is 64.7 Å². The van der Waals surface area contributed by atoms with Gasteiger partial charge in [0.2, 0.25) is 0 Å². The minimum Gasteiger partial charge on any atom is -0.316 e. The van der Waals surface area contributed by atoms with Crippen LogP contribution in [0.15, 0.2) is 0 Å². The Balaban J connectivity index is 1.58. The van der Waals surface area contributed by atoms with Crippen molar-refractivity contribution in [2.45, 2.75) is 64.7 Å². The number of hydrogen-bond donors (Lipinski definition) is 1. The molecule has 0 radical (unpaired) electrons. The van der Waals surface area contributed by atoms with Crippen LogP contribution in [0.25, 0.3) is 0 Å². The summed E-state index contributed by atoms with van der Waals surface area (Å²) < 4.78 is 0. The first-order valence-electron chi connectivity index (χ1n) is 8.02. The van der Waals surface area contributed by atoms with E-state index in [0.29, 0.717) is 5.41 Å². The van der Waals surface area contributed by atoms with E-state index >= 15 is 0 Å². The fourth-order valence-electron chi connectivity index (χ4n) is 4.78. The highest BCUT2D eigenvalue weighted by Crippen LogP contribution is 2.62. The second-order valence-corrected chi connectivity index (χ2v) is 7.15. The predicted octanol–water partition coefficient (Wildman–Crippen LogP) is 3.98. The fourth-order valence-corrected chi connectivity index (χ4v) is 4.78. The molecule has 2 atom stereocenters. The minimum atomic E-state index is 0.714. The molecule has 98 valence electrons. The van der Waals surface area contributed by atoms with Crippen molar-refractivity contribution in [1.82, 2.24) is 5.32 Å². The van der Waals surface area contributed by atoms with Gasteiger partial charge >= 0.3 is 0 Å². The Kier molecular flexibility index (Phi) is 3.47. The third kappa shape index (κ3) is 2.70. The molecule has 3 aliphatic rings. The van der Waals surface area contributed by atoms with E-state index in [4.69, 9.17) is 0 Å². The van der Waals surface area contributed by atoms with Crippen molar-refractivity contribution >= 4 is 0 Å². The Labute approximate surface area is 107 Å². The highest BCUT2D eigenvalue weighted by atomic mass is 14.9. The smallest absolute Gasteiger partial charge is 0.000800 e. The lowest BCUT2D eigenvalue weighted by molar-refractivity contribution is 0.166. The van der Waals surface area contributed by atoms with E-state index in [1.807, 2.05) is 0 Å². The monoisotopic (exact) mass is 235 g/mol. The quantitative estimate of drug-likeness (QED) is 0.760. The summed E-state index contributed by atoms with van der Waals surface area (Å²) in [6.45, 7) is 4.72. The SMILES string of the molecule is CCNCC1(CC2CCCCC2)CC2CC2C1. The summed E-state index contributed by atoms with van der Waals surface area (Å²) in [6.07, 6.45) is 13.8. The van der Waals surface area contributed by atoms with Crippen molar-refractivity contribution < 1.29 is 0 Å². The van der Waals surface area contributed by atoms with Gasteiger partial charge in [0.1, 0.15) is 0 Å². The molecule has 0 aromatic heterocycles. The van der Waals surface area contributed by atoms with E-state index in [1.165, 1.54) is 38.6 Å². The minimum absolute atomic E-state index is 0.714. The molecule has 0 saturated heterocycles. The standard InChI is InChI=1S/C16H29N/c1-2-17-12-16(10-14-8-15(14)11-16)9-13-6-4-3-5-7-13/h13-15,17H,2-12H2,1H3. The molecule has 17 heavy (non-hydrogen) atoms. The molecule has 3 aliphatic carbocycles. The summed E-state index contributed by atoms with van der Waals surface area (Å²) in [7, 11) is 0. The van der Waals surface area contributed by atoms with Crippen LogP contribution in [-0.4, -0.2) is 13.1 Å². The van der Waals surface area contributed by atoms with Gasteiger partial charge in [-0.3, -0.25) is 0 Å². The number of hydrogen-bond acceptors (Lipinski definition) is 1. The van der Waals surface area contributed by atoms with Crippen molar-refractivity contribution in [1.29, 1.82) is 0 Å². The van der Waals surface area contributed by atoms with Crippen LogP contribution in [0.3, 0.4) is 0 Å². The van der Waals surface area contributed by atoms with Crippen LogP contribution in [0.5, 0.6) is 0 Å². The number of nitrogens with one attached hydrogen (secondary N) is 1. The van der Waals surface area contributed by atoms with Gasteiger partial charge in [-0.25, -0.2) is 0 Å². The maximum Gasteiger partial charge on any atom is 0.000800 e. The summed E-state index contributed by atoms with van der Waals surface area (Å²) >= 11 is 0. The predicted molar refractivity (Wildman–Crippen MR) is 73.0 cm³/mol. The van der Waals surface area contributed by atoms with Crippen molar-refractivity contribution in [3.05, 3.63) is 0 Å². The molecule has 0 heterocycles. The first-order valence-corrected chi connectivity index (χ1v) is 8.02. The van der Waals surface area contributed by atoms with Crippen LogP contribution in [0.4, 0.5) is 0 Å². The zero-order chi connectivity index (χ0) is 11.7. The largest absolute Gasteiger partial charge is 0.316 e. The average Bonchev–Trinajstić information content (AvgIpc) is 2.97. The molecule has 0 aromatic rings. The van der Waals surface area contributed by atoms with Crippen LogP contribution in [-0.2, 0) is 0 Å². The first kappa shape index (κ1) is 12.0. The third-order valence-electron chi connectivity index (χ3n) is 5.66. The Morgan fingerprint density at radius 2 is 1.76 bits per heavy atom. The highest BCUT2D eigenvalue weighted by molar-refractivity contribution is 5.04. The molecule has 2 unspecified atom stereocenters. The lowest BCUT2D eigenvalue weighted by Crippen LogP contribution is -2.35. The Morgan fingerprint density at radius 1 is 1.06 bits per heavy atom. The van der Waals surface area contributed by atoms with Gasteiger partial charge in [-0.2, -0.15) is 0 Å². The van der Waals surface area contributed by atoms with E-state index in [2.05, 4.69) is 12.2 Å². The van der Waals surface area contributed by atoms with Gasteiger partial charge in [0, 0.05) is 6.54 Å². The second-order valence-electron chi connectivity index (χ2n) is 7.15. The van der Waals surface area contributed by atoms with Crippen LogP contribution < -0.4 is 5.32 Å². The van der Waals surface area contributed by atoms with E-state index in [0.717, 1.165) is 24.3 Å². The molecule has 1 nitrogen and oxygen atoms in total. The maximum atomic E-state index is 3.66. The zero-order valence-corrected chi connectivity index (χ0v) is 11.5. The molecule has 3 saturated carbocycles. The van der Waals surface area contributed by atoms with E-state index in [9.17, 15) is 0 Å². The van der Waals surface area contributed by atoms with Gasteiger partial charge in [-0.1, -0.05) is 39.0 Å². The Morgan fingerprint density at radius 3 is 2.41 bits per heavy atom. The second kappa shape index (κ2) is 4.91. The average molecular weight is 235 g/mol. The molecule has 3 fully saturated rings. The van der Waals surface area contributed by atoms with Crippen LogP contribution >= 0.6 is 0 Å². The summed E-state index contributed by atoms with van der Waals surface area (Å²) in [5.41, 5.74) is 0.714.